The molecule has 1 aromatic carbocycles. The van der Waals surface area contributed by atoms with Crippen molar-refractivity contribution in [2.75, 3.05) is 26.4 Å². The van der Waals surface area contributed by atoms with Crippen LogP contribution >= 0.6 is 11.6 Å². The summed E-state index contributed by atoms with van der Waals surface area (Å²) in [5.74, 6) is 0.670. The van der Waals surface area contributed by atoms with Crippen molar-refractivity contribution >= 4 is 11.6 Å². The third-order valence-corrected chi connectivity index (χ3v) is 2.75. The first kappa shape index (κ1) is 12.6. The van der Waals surface area contributed by atoms with Gasteiger partial charge in [-0.2, -0.15) is 0 Å². The van der Waals surface area contributed by atoms with Crippen LogP contribution in [0.1, 0.15) is 0 Å². The van der Waals surface area contributed by atoms with E-state index in [2.05, 4.69) is 5.32 Å². The number of nitrogens with one attached hydrogen (secondary N) is 1. The van der Waals surface area contributed by atoms with Crippen LogP contribution in [0.5, 0.6) is 5.75 Å². The summed E-state index contributed by atoms with van der Waals surface area (Å²) < 4.78 is 10.4. The first-order valence-corrected chi connectivity index (χ1v) is 5.99. The number of ether oxygens (including phenoxy) is 2. The van der Waals surface area contributed by atoms with Gasteiger partial charge in [-0.1, -0.05) is 17.7 Å². The molecule has 4 nitrogen and oxygen atoms in total. The van der Waals surface area contributed by atoms with Crippen LogP contribution in [0.4, 0.5) is 0 Å². The maximum atomic E-state index is 9.69. The van der Waals surface area contributed by atoms with Gasteiger partial charge in [0, 0.05) is 11.6 Å². The highest BCUT2D eigenvalue weighted by atomic mass is 35.5. The van der Waals surface area contributed by atoms with Crippen molar-refractivity contribution in [3.05, 3.63) is 29.3 Å². The fourth-order valence-corrected chi connectivity index (χ4v) is 1.64. The lowest BCUT2D eigenvalue weighted by Gasteiger charge is -2.28. The molecule has 0 aliphatic carbocycles. The van der Waals surface area contributed by atoms with Crippen LogP contribution in [-0.2, 0) is 4.74 Å². The Morgan fingerprint density at radius 3 is 3.00 bits per heavy atom. The van der Waals surface area contributed by atoms with E-state index in [1.807, 2.05) is 12.1 Å². The van der Waals surface area contributed by atoms with Gasteiger partial charge in [0.1, 0.15) is 18.5 Å². The zero-order chi connectivity index (χ0) is 12.1. The zero-order valence-electron chi connectivity index (χ0n) is 9.43. The molecule has 1 fully saturated rings. The lowest BCUT2D eigenvalue weighted by atomic mass is 10.2. The lowest BCUT2D eigenvalue weighted by Crippen LogP contribution is -2.49. The highest BCUT2D eigenvalue weighted by molar-refractivity contribution is 6.30. The summed E-state index contributed by atoms with van der Waals surface area (Å²) in [6.07, 6.45) is -0.533. The van der Waals surface area contributed by atoms with Crippen molar-refractivity contribution in [1.29, 1.82) is 0 Å². The van der Waals surface area contributed by atoms with Crippen molar-refractivity contribution < 1.29 is 14.6 Å². The molecule has 0 spiro atoms. The van der Waals surface area contributed by atoms with Crippen molar-refractivity contribution in [3.63, 3.8) is 0 Å². The fraction of sp³-hybridized carbons (Fsp3) is 0.500. The van der Waals surface area contributed by atoms with Gasteiger partial charge in [0.25, 0.3) is 0 Å². The van der Waals surface area contributed by atoms with Crippen molar-refractivity contribution in [1.82, 2.24) is 5.32 Å². The standard InChI is InChI=1S/C12H16ClNO3/c13-9-2-1-3-12(4-9)17-8-11(15)5-14-10-6-16-7-10/h1-4,10-11,14-15H,5-8H2. The summed E-state index contributed by atoms with van der Waals surface area (Å²) >= 11 is 5.82. The van der Waals surface area contributed by atoms with Gasteiger partial charge in [0.15, 0.2) is 0 Å². The van der Waals surface area contributed by atoms with E-state index in [1.54, 1.807) is 12.1 Å². The largest absolute Gasteiger partial charge is 0.491 e. The second kappa shape index (κ2) is 6.21. The molecule has 1 atom stereocenters. The first-order valence-electron chi connectivity index (χ1n) is 5.61. The van der Waals surface area contributed by atoms with Crippen LogP contribution in [0.2, 0.25) is 5.02 Å². The molecule has 1 heterocycles. The second-order valence-corrected chi connectivity index (χ2v) is 4.50. The van der Waals surface area contributed by atoms with Crippen molar-refractivity contribution in [2.24, 2.45) is 0 Å². The molecule has 0 aromatic heterocycles. The third-order valence-electron chi connectivity index (χ3n) is 2.52. The maximum Gasteiger partial charge on any atom is 0.120 e. The van der Waals surface area contributed by atoms with Crippen LogP contribution in [0.3, 0.4) is 0 Å². The van der Waals surface area contributed by atoms with Crippen molar-refractivity contribution in [3.8, 4) is 5.75 Å². The summed E-state index contributed by atoms with van der Waals surface area (Å²) in [5, 5.41) is 13.5. The molecule has 17 heavy (non-hydrogen) atoms. The van der Waals surface area contributed by atoms with Crippen LogP contribution in [0.15, 0.2) is 24.3 Å². The molecule has 0 radical (unpaired) electrons. The van der Waals surface area contributed by atoms with E-state index in [0.717, 1.165) is 13.2 Å². The number of hydrogen-bond donors (Lipinski definition) is 2. The molecule has 94 valence electrons. The monoisotopic (exact) mass is 257 g/mol. The smallest absolute Gasteiger partial charge is 0.120 e. The Bertz CT molecular complexity index is 357. The predicted molar refractivity (Wildman–Crippen MR) is 65.6 cm³/mol. The minimum absolute atomic E-state index is 0.251. The Morgan fingerprint density at radius 1 is 1.53 bits per heavy atom. The van der Waals surface area contributed by atoms with Gasteiger partial charge >= 0.3 is 0 Å². The third kappa shape index (κ3) is 4.16. The molecule has 2 rings (SSSR count). The van der Waals surface area contributed by atoms with Gasteiger partial charge < -0.3 is 19.9 Å². The Morgan fingerprint density at radius 2 is 2.35 bits per heavy atom. The number of benzene rings is 1. The van der Waals surface area contributed by atoms with E-state index in [9.17, 15) is 5.11 Å². The van der Waals surface area contributed by atoms with Crippen LogP contribution in [-0.4, -0.2) is 43.6 Å². The Kier molecular flexibility index (Phi) is 4.62. The second-order valence-electron chi connectivity index (χ2n) is 4.06. The summed E-state index contributed by atoms with van der Waals surface area (Å²) in [4.78, 5) is 0. The van der Waals surface area contributed by atoms with E-state index >= 15 is 0 Å². The highest BCUT2D eigenvalue weighted by Crippen LogP contribution is 2.17. The molecular weight excluding hydrogens is 242 g/mol. The molecule has 0 bridgehead atoms. The average molecular weight is 258 g/mol. The first-order chi connectivity index (χ1) is 8.24. The Hall–Kier alpha value is -0.810. The summed E-state index contributed by atoms with van der Waals surface area (Å²) in [7, 11) is 0. The van der Waals surface area contributed by atoms with Crippen molar-refractivity contribution in [2.45, 2.75) is 12.1 Å². The molecule has 1 aromatic rings. The maximum absolute atomic E-state index is 9.69. The number of rotatable bonds is 6. The number of halogens is 1. The molecule has 0 amide bonds. The average Bonchev–Trinajstić information content (AvgIpc) is 2.24. The van der Waals surface area contributed by atoms with Gasteiger partial charge in [-0.05, 0) is 18.2 Å². The summed E-state index contributed by atoms with van der Waals surface area (Å²) in [6, 6.07) is 7.50. The van der Waals surface area contributed by atoms with Crippen LogP contribution in [0, 0.1) is 0 Å². The molecule has 2 N–H and O–H groups in total. The minimum Gasteiger partial charge on any atom is -0.491 e. The van der Waals surface area contributed by atoms with Gasteiger partial charge in [0.05, 0.1) is 19.3 Å². The van der Waals surface area contributed by atoms with Gasteiger partial charge in [-0.15, -0.1) is 0 Å². The Labute approximate surface area is 105 Å². The molecule has 0 saturated carbocycles. The van der Waals surface area contributed by atoms with E-state index < -0.39 is 6.10 Å². The number of aliphatic hydroxyl groups excluding tert-OH is 1. The quantitative estimate of drug-likeness (QED) is 0.801. The SMILES string of the molecule is OC(CNC1COC1)COc1cccc(Cl)c1. The molecule has 1 aliphatic rings. The van der Waals surface area contributed by atoms with Gasteiger partial charge in [-0.3, -0.25) is 0 Å². The minimum atomic E-state index is -0.533. The lowest BCUT2D eigenvalue weighted by molar-refractivity contribution is -0.0118. The van der Waals surface area contributed by atoms with Crippen LogP contribution in [0.25, 0.3) is 0 Å². The predicted octanol–water partition coefficient (Wildman–Crippen LogP) is 1.07. The van der Waals surface area contributed by atoms with Gasteiger partial charge in [-0.25, -0.2) is 0 Å². The molecule has 5 heteroatoms. The van der Waals surface area contributed by atoms with E-state index in [1.165, 1.54) is 0 Å². The Balaban J connectivity index is 1.66. The van der Waals surface area contributed by atoms with Crippen LogP contribution < -0.4 is 10.1 Å². The molecule has 1 unspecified atom stereocenters. The zero-order valence-corrected chi connectivity index (χ0v) is 10.2. The topological polar surface area (TPSA) is 50.7 Å². The van der Waals surface area contributed by atoms with Gasteiger partial charge in [0.2, 0.25) is 0 Å². The number of hydrogen-bond acceptors (Lipinski definition) is 4. The molecule has 1 aliphatic heterocycles. The summed E-state index contributed by atoms with van der Waals surface area (Å²) in [5.41, 5.74) is 0. The molecular formula is C12H16ClNO3. The van der Waals surface area contributed by atoms with E-state index in [-0.39, 0.29) is 6.61 Å². The summed E-state index contributed by atoms with van der Waals surface area (Å²) in [6.45, 7) is 2.21. The number of aliphatic hydroxyl groups is 1. The fourth-order valence-electron chi connectivity index (χ4n) is 1.46. The highest BCUT2D eigenvalue weighted by Gasteiger charge is 2.18. The van der Waals surface area contributed by atoms with E-state index in [0.29, 0.717) is 23.4 Å². The normalized spacial score (nSPS) is 17.5. The molecule has 1 saturated heterocycles. The van der Waals surface area contributed by atoms with E-state index in [4.69, 9.17) is 21.1 Å².